The predicted molar refractivity (Wildman–Crippen MR) is 108 cm³/mol. The van der Waals surface area contributed by atoms with Crippen molar-refractivity contribution in [3.8, 4) is 6.07 Å². The number of amides is 1. The van der Waals surface area contributed by atoms with Gasteiger partial charge < -0.3 is 5.32 Å². The molecule has 3 rings (SSSR count). The molecule has 2 aromatic carbocycles. The number of piperidine rings is 1. The zero-order valence-electron chi connectivity index (χ0n) is 15.9. The van der Waals surface area contributed by atoms with Gasteiger partial charge in [0.05, 0.1) is 4.90 Å². The fourth-order valence-electron chi connectivity index (χ4n) is 3.10. The second-order valence-corrected chi connectivity index (χ2v) is 8.73. The molecule has 1 fully saturated rings. The summed E-state index contributed by atoms with van der Waals surface area (Å²) in [5.74, 6) is -2.94. The van der Waals surface area contributed by atoms with E-state index >= 15 is 0 Å². The first-order valence-corrected chi connectivity index (χ1v) is 10.7. The van der Waals surface area contributed by atoms with E-state index in [1.54, 1.807) is 6.07 Å². The van der Waals surface area contributed by atoms with Crippen LogP contribution in [0.25, 0.3) is 6.08 Å². The minimum atomic E-state index is -3.68. The van der Waals surface area contributed by atoms with Crippen LogP contribution in [-0.4, -0.2) is 31.7 Å². The van der Waals surface area contributed by atoms with E-state index in [0.29, 0.717) is 13.1 Å². The number of anilines is 1. The fourth-order valence-corrected chi connectivity index (χ4v) is 4.67. The highest BCUT2D eigenvalue weighted by molar-refractivity contribution is 7.89. The summed E-state index contributed by atoms with van der Waals surface area (Å²) in [5, 5.41) is 11.7. The van der Waals surface area contributed by atoms with Gasteiger partial charge in [0.25, 0.3) is 5.91 Å². The fraction of sp³-hybridized carbons (Fsp3) is 0.238. The van der Waals surface area contributed by atoms with Crippen LogP contribution >= 0.6 is 0 Å². The Labute approximate surface area is 173 Å². The van der Waals surface area contributed by atoms with Crippen LogP contribution in [0.15, 0.2) is 52.9 Å². The number of nitrogens with one attached hydrogen (secondary N) is 1. The van der Waals surface area contributed by atoms with Gasteiger partial charge in [0.15, 0.2) is 11.6 Å². The van der Waals surface area contributed by atoms with Gasteiger partial charge in [-0.3, -0.25) is 4.79 Å². The Bertz CT molecular complexity index is 1130. The molecule has 0 aromatic heterocycles. The summed E-state index contributed by atoms with van der Waals surface area (Å²) in [6.07, 6.45) is 3.71. The average molecular weight is 431 g/mol. The highest BCUT2D eigenvalue weighted by Crippen LogP contribution is 2.23. The molecule has 1 heterocycles. The van der Waals surface area contributed by atoms with E-state index in [2.05, 4.69) is 5.32 Å². The Morgan fingerprint density at radius 1 is 1.07 bits per heavy atom. The van der Waals surface area contributed by atoms with Crippen LogP contribution in [0.3, 0.4) is 0 Å². The van der Waals surface area contributed by atoms with Crippen LogP contribution < -0.4 is 5.32 Å². The number of hydrogen-bond donors (Lipinski definition) is 1. The number of nitrogens with zero attached hydrogens (tertiary/aromatic N) is 2. The maximum Gasteiger partial charge on any atom is 0.266 e. The summed E-state index contributed by atoms with van der Waals surface area (Å²) < 4.78 is 53.4. The molecule has 30 heavy (non-hydrogen) atoms. The van der Waals surface area contributed by atoms with E-state index < -0.39 is 27.6 Å². The maximum atomic E-state index is 13.3. The minimum Gasteiger partial charge on any atom is -0.321 e. The summed E-state index contributed by atoms with van der Waals surface area (Å²) in [5.41, 5.74) is -0.00292. The summed E-state index contributed by atoms with van der Waals surface area (Å²) in [4.78, 5) is 12.5. The van der Waals surface area contributed by atoms with Gasteiger partial charge in [-0.1, -0.05) is 18.6 Å². The molecular formula is C21H19F2N3O3S. The number of nitriles is 1. The summed E-state index contributed by atoms with van der Waals surface area (Å²) in [6, 6.07) is 10.5. The normalized spacial score (nSPS) is 15.4. The first kappa shape index (κ1) is 21.6. The number of halogens is 2. The van der Waals surface area contributed by atoms with Gasteiger partial charge in [0.2, 0.25) is 10.0 Å². The molecule has 0 radical (unpaired) electrons. The Morgan fingerprint density at radius 3 is 2.47 bits per heavy atom. The van der Waals surface area contributed by atoms with Crippen LogP contribution in [-0.2, 0) is 14.8 Å². The van der Waals surface area contributed by atoms with Crippen molar-refractivity contribution in [1.82, 2.24) is 4.31 Å². The molecule has 0 saturated carbocycles. The Kier molecular flexibility index (Phi) is 6.59. The van der Waals surface area contributed by atoms with E-state index in [0.717, 1.165) is 37.5 Å². The van der Waals surface area contributed by atoms with Crippen molar-refractivity contribution in [2.45, 2.75) is 24.2 Å². The van der Waals surface area contributed by atoms with Crippen molar-refractivity contribution in [2.75, 3.05) is 18.4 Å². The molecule has 2 aromatic rings. The first-order chi connectivity index (χ1) is 14.3. The van der Waals surface area contributed by atoms with E-state index in [1.807, 2.05) is 0 Å². The largest absolute Gasteiger partial charge is 0.321 e. The maximum absolute atomic E-state index is 13.3. The van der Waals surface area contributed by atoms with Crippen LogP contribution in [0.4, 0.5) is 14.5 Å². The third-order valence-electron chi connectivity index (χ3n) is 4.66. The van der Waals surface area contributed by atoms with E-state index in [-0.39, 0.29) is 21.7 Å². The molecule has 0 bridgehead atoms. The monoisotopic (exact) mass is 431 g/mol. The second-order valence-electron chi connectivity index (χ2n) is 6.79. The molecule has 9 heteroatoms. The molecule has 1 aliphatic heterocycles. The SMILES string of the molecule is N#C/C(=C\c1ccc(F)c(F)c1)C(=O)Nc1cccc(S(=O)(=O)N2CCCCC2)c1. The minimum absolute atomic E-state index is 0.0466. The van der Waals surface area contributed by atoms with Crippen molar-refractivity contribution in [3.63, 3.8) is 0 Å². The lowest BCUT2D eigenvalue weighted by Crippen LogP contribution is -2.35. The zero-order chi connectivity index (χ0) is 21.7. The molecule has 1 saturated heterocycles. The number of benzene rings is 2. The molecule has 0 spiro atoms. The topological polar surface area (TPSA) is 90.3 Å². The van der Waals surface area contributed by atoms with Crippen molar-refractivity contribution in [1.29, 1.82) is 5.26 Å². The Hall–Kier alpha value is -3.09. The number of carbonyl (C=O) groups is 1. The van der Waals surface area contributed by atoms with E-state index in [1.165, 1.54) is 34.6 Å². The molecule has 1 aliphatic rings. The standard InChI is InChI=1S/C21H19F2N3O3S/c22-19-8-7-15(12-20(19)23)11-16(14-24)21(27)25-17-5-4-6-18(13-17)30(28,29)26-9-2-1-3-10-26/h4-8,11-13H,1-3,9-10H2,(H,25,27)/b16-11+. The van der Waals surface area contributed by atoms with Gasteiger partial charge in [-0.2, -0.15) is 9.57 Å². The predicted octanol–water partition coefficient (Wildman–Crippen LogP) is 3.69. The first-order valence-electron chi connectivity index (χ1n) is 9.29. The third-order valence-corrected chi connectivity index (χ3v) is 6.56. The highest BCUT2D eigenvalue weighted by atomic mass is 32.2. The molecule has 1 amide bonds. The van der Waals surface area contributed by atoms with Gasteiger partial charge in [-0.25, -0.2) is 17.2 Å². The average Bonchev–Trinajstić information content (AvgIpc) is 2.75. The molecule has 6 nitrogen and oxygen atoms in total. The molecule has 1 N–H and O–H groups in total. The lowest BCUT2D eigenvalue weighted by molar-refractivity contribution is -0.112. The van der Waals surface area contributed by atoms with E-state index in [4.69, 9.17) is 0 Å². The lowest BCUT2D eigenvalue weighted by atomic mass is 10.1. The lowest BCUT2D eigenvalue weighted by Gasteiger charge is -2.26. The molecule has 0 unspecified atom stereocenters. The summed E-state index contributed by atoms with van der Waals surface area (Å²) in [7, 11) is -3.68. The highest BCUT2D eigenvalue weighted by Gasteiger charge is 2.26. The molecule has 156 valence electrons. The number of hydrogen-bond acceptors (Lipinski definition) is 4. The van der Waals surface area contributed by atoms with Gasteiger partial charge in [0, 0.05) is 18.8 Å². The van der Waals surface area contributed by atoms with Crippen LogP contribution in [0, 0.1) is 23.0 Å². The summed E-state index contributed by atoms with van der Waals surface area (Å²) in [6.45, 7) is 0.906. The van der Waals surface area contributed by atoms with Crippen molar-refractivity contribution >= 4 is 27.7 Å². The summed E-state index contributed by atoms with van der Waals surface area (Å²) >= 11 is 0. The molecule has 0 atom stereocenters. The molecular weight excluding hydrogens is 412 g/mol. The number of carbonyl (C=O) groups excluding carboxylic acids is 1. The van der Waals surface area contributed by atoms with Crippen LogP contribution in [0.5, 0.6) is 0 Å². The Balaban J connectivity index is 1.80. The smallest absolute Gasteiger partial charge is 0.266 e. The van der Waals surface area contributed by atoms with Gasteiger partial charge in [-0.05, 0) is 54.8 Å². The zero-order valence-corrected chi connectivity index (χ0v) is 16.8. The van der Waals surface area contributed by atoms with Gasteiger partial charge in [-0.15, -0.1) is 0 Å². The van der Waals surface area contributed by atoms with Crippen LogP contribution in [0.2, 0.25) is 0 Å². The Morgan fingerprint density at radius 2 is 1.80 bits per heavy atom. The van der Waals surface area contributed by atoms with Crippen molar-refractivity contribution in [3.05, 3.63) is 65.2 Å². The molecule has 0 aliphatic carbocycles. The third kappa shape index (κ3) is 4.90. The quantitative estimate of drug-likeness (QED) is 0.578. The number of rotatable bonds is 5. The van der Waals surface area contributed by atoms with Crippen LogP contribution in [0.1, 0.15) is 24.8 Å². The van der Waals surface area contributed by atoms with Crippen molar-refractivity contribution < 1.29 is 22.0 Å². The van der Waals surface area contributed by atoms with Crippen molar-refractivity contribution in [2.24, 2.45) is 0 Å². The van der Waals surface area contributed by atoms with Gasteiger partial charge >= 0.3 is 0 Å². The number of sulfonamides is 1. The van der Waals surface area contributed by atoms with E-state index in [9.17, 15) is 27.3 Å². The van der Waals surface area contributed by atoms with Gasteiger partial charge in [0.1, 0.15) is 11.6 Å². The second kappa shape index (κ2) is 9.15.